The van der Waals surface area contributed by atoms with Gasteiger partial charge in [0.05, 0.1) is 5.02 Å². The summed E-state index contributed by atoms with van der Waals surface area (Å²) < 4.78 is 10.5. The van der Waals surface area contributed by atoms with Gasteiger partial charge in [-0.05, 0) is 49.2 Å². The molecule has 1 saturated carbocycles. The zero-order valence-electron chi connectivity index (χ0n) is 13.2. The minimum absolute atomic E-state index is 0.0480. The van der Waals surface area contributed by atoms with Gasteiger partial charge >= 0.3 is 0 Å². The maximum Gasteiger partial charge on any atom is 0.255 e. The lowest BCUT2D eigenvalue weighted by Gasteiger charge is -2.09. The molecule has 0 aromatic heterocycles. The Kier molecular flexibility index (Phi) is 3.97. The van der Waals surface area contributed by atoms with E-state index >= 15 is 0 Å². The van der Waals surface area contributed by atoms with E-state index in [1.54, 1.807) is 30.3 Å². The van der Waals surface area contributed by atoms with Crippen LogP contribution in [-0.4, -0.2) is 18.6 Å². The Morgan fingerprint density at radius 2 is 1.68 bits per heavy atom. The molecule has 2 aromatic rings. The average Bonchev–Trinajstić information content (AvgIpc) is 3.34. The lowest BCUT2D eigenvalue weighted by molar-refractivity contribution is -0.117. The van der Waals surface area contributed by atoms with Gasteiger partial charge in [0, 0.05) is 22.9 Å². The first-order valence-electron chi connectivity index (χ1n) is 7.91. The molecule has 2 aromatic carbocycles. The SMILES string of the molecule is O=C(Nc1ccc(NC(=O)C2CC2)cc1)c1cc(Cl)c2c(c1)OCO2. The minimum Gasteiger partial charge on any atom is -0.454 e. The number of carbonyl (C=O) groups excluding carboxylic acids is 2. The molecule has 6 nitrogen and oxygen atoms in total. The van der Waals surface area contributed by atoms with Gasteiger partial charge in [0.25, 0.3) is 5.91 Å². The molecule has 1 aliphatic carbocycles. The summed E-state index contributed by atoms with van der Waals surface area (Å²) in [7, 11) is 0. The van der Waals surface area contributed by atoms with Crippen LogP contribution in [-0.2, 0) is 4.79 Å². The molecule has 2 aliphatic rings. The van der Waals surface area contributed by atoms with Crippen LogP contribution in [0.1, 0.15) is 23.2 Å². The molecular weight excluding hydrogens is 344 g/mol. The first-order chi connectivity index (χ1) is 12.1. The fourth-order valence-electron chi connectivity index (χ4n) is 2.53. The minimum atomic E-state index is -0.310. The second kappa shape index (κ2) is 6.29. The summed E-state index contributed by atoms with van der Waals surface area (Å²) in [6.45, 7) is 0.0914. The van der Waals surface area contributed by atoms with Crippen molar-refractivity contribution in [3.63, 3.8) is 0 Å². The third-order valence-electron chi connectivity index (χ3n) is 4.05. The van der Waals surface area contributed by atoms with Gasteiger partial charge in [-0.3, -0.25) is 9.59 Å². The van der Waals surface area contributed by atoms with E-state index in [1.165, 1.54) is 6.07 Å². The van der Waals surface area contributed by atoms with Crippen LogP contribution in [0.15, 0.2) is 36.4 Å². The molecule has 128 valence electrons. The van der Waals surface area contributed by atoms with Gasteiger partial charge in [-0.15, -0.1) is 0 Å². The first kappa shape index (κ1) is 15.8. The van der Waals surface area contributed by atoms with E-state index in [1.807, 2.05) is 0 Å². The molecule has 7 heteroatoms. The summed E-state index contributed by atoms with van der Waals surface area (Å²) in [5.74, 6) is 0.793. The van der Waals surface area contributed by atoms with E-state index in [2.05, 4.69) is 10.6 Å². The Morgan fingerprint density at radius 1 is 1.00 bits per heavy atom. The number of nitrogens with one attached hydrogen (secondary N) is 2. The van der Waals surface area contributed by atoms with Crippen LogP contribution in [0.4, 0.5) is 11.4 Å². The van der Waals surface area contributed by atoms with Crippen LogP contribution < -0.4 is 20.1 Å². The number of rotatable bonds is 4. The number of carbonyl (C=O) groups is 2. The lowest BCUT2D eigenvalue weighted by atomic mass is 10.1. The van der Waals surface area contributed by atoms with Gasteiger partial charge in [-0.2, -0.15) is 0 Å². The molecule has 4 rings (SSSR count). The highest BCUT2D eigenvalue weighted by molar-refractivity contribution is 6.32. The molecule has 0 atom stereocenters. The number of amides is 2. The zero-order valence-corrected chi connectivity index (χ0v) is 13.9. The predicted molar refractivity (Wildman–Crippen MR) is 93.3 cm³/mol. The van der Waals surface area contributed by atoms with Crippen LogP contribution in [0.5, 0.6) is 11.5 Å². The van der Waals surface area contributed by atoms with Crippen molar-refractivity contribution >= 4 is 34.8 Å². The Hall–Kier alpha value is -2.73. The highest BCUT2D eigenvalue weighted by atomic mass is 35.5. The lowest BCUT2D eigenvalue weighted by Crippen LogP contribution is -2.14. The molecule has 25 heavy (non-hydrogen) atoms. The predicted octanol–water partition coefficient (Wildman–Crippen LogP) is 3.67. The molecule has 0 bridgehead atoms. The highest BCUT2D eigenvalue weighted by Crippen LogP contribution is 2.40. The summed E-state index contributed by atoms with van der Waals surface area (Å²) in [6.07, 6.45) is 1.91. The molecular formula is C18H15ClN2O4. The van der Waals surface area contributed by atoms with Gasteiger partial charge in [-0.1, -0.05) is 11.6 Å². The Labute approximate surface area is 149 Å². The van der Waals surface area contributed by atoms with Crippen LogP contribution in [0, 0.1) is 5.92 Å². The molecule has 0 radical (unpaired) electrons. The van der Waals surface area contributed by atoms with Crippen molar-refractivity contribution in [2.45, 2.75) is 12.8 Å². The normalized spacial score (nSPS) is 14.9. The van der Waals surface area contributed by atoms with E-state index in [9.17, 15) is 9.59 Å². The largest absolute Gasteiger partial charge is 0.454 e. The summed E-state index contributed by atoms with van der Waals surface area (Å²) in [4.78, 5) is 24.1. The molecule has 0 saturated heterocycles. The van der Waals surface area contributed by atoms with E-state index < -0.39 is 0 Å². The average molecular weight is 359 g/mol. The highest BCUT2D eigenvalue weighted by Gasteiger charge is 2.29. The maximum atomic E-state index is 12.4. The third kappa shape index (κ3) is 3.39. The number of halogens is 1. The standard InChI is InChI=1S/C18H15ClN2O4/c19-14-7-11(8-15-16(14)25-9-24-15)18(23)21-13-5-3-12(4-6-13)20-17(22)10-1-2-10/h3-8,10H,1-2,9H2,(H,20,22)(H,21,23). The number of ether oxygens (including phenoxy) is 2. The van der Waals surface area contributed by atoms with Crippen molar-refractivity contribution in [1.29, 1.82) is 0 Å². The van der Waals surface area contributed by atoms with Crippen molar-refractivity contribution in [2.75, 3.05) is 17.4 Å². The van der Waals surface area contributed by atoms with E-state index in [0.717, 1.165) is 12.8 Å². The molecule has 1 aliphatic heterocycles. The number of hydrogen-bond donors (Lipinski definition) is 2. The maximum absolute atomic E-state index is 12.4. The van der Waals surface area contributed by atoms with Crippen molar-refractivity contribution in [3.8, 4) is 11.5 Å². The fourth-order valence-corrected chi connectivity index (χ4v) is 2.79. The molecule has 2 amide bonds. The summed E-state index contributed by atoms with van der Waals surface area (Å²) in [5.41, 5.74) is 1.70. The number of fused-ring (bicyclic) bond motifs is 1. The van der Waals surface area contributed by atoms with Gasteiger partial charge in [0.1, 0.15) is 0 Å². The van der Waals surface area contributed by atoms with E-state index in [4.69, 9.17) is 21.1 Å². The topological polar surface area (TPSA) is 76.7 Å². The molecule has 0 spiro atoms. The molecule has 2 N–H and O–H groups in total. The summed E-state index contributed by atoms with van der Waals surface area (Å²) >= 11 is 6.10. The van der Waals surface area contributed by atoms with Crippen molar-refractivity contribution in [1.82, 2.24) is 0 Å². The summed E-state index contributed by atoms with van der Waals surface area (Å²) in [6, 6.07) is 10.1. The van der Waals surface area contributed by atoms with Crippen molar-refractivity contribution < 1.29 is 19.1 Å². The van der Waals surface area contributed by atoms with Crippen LogP contribution in [0.3, 0.4) is 0 Å². The molecule has 0 unspecified atom stereocenters. The second-order valence-corrected chi connectivity index (χ2v) is 6.39. The van der Waals surface area contributed by atoms with E-state index in [-0.39, 0.29) is 24.5 Å². The van der Waals surface area contributed by atoms with Crippen molar-refractivity contribution in [2.24, 2.45) is 5.92 Å². The fraction of sp³-hybridized carbons (Fsp3) is 0.222. The monoisotopic (exact) mass is 358 g/mol. The van der Waals surface area contributed by atoms with Gasteiger partial charge in [0.2, 0.25) is 12.7 Å². The van der Waals surface area contributed by atoms with Crippen LogP contribution >= 0.6 is 11.6 Å². The first-order valence-corrected chi connectivity index (χ1v) is 8.29. The van der Waals surface area contributed by atoms with Crippen molar-refractivity contribution in [3.05, 3.63) is 47.0 Å². The van der Waals surface area contributed by atoms with Gasteiger partial charge < -0.3 is 20.1 Å². The van der Waals surface area contributed by atoms with Crippen LogP contribution in [0.25, 0.3) is 0 Å². The number of hydrogen-bond acceptors (Lipinski definition) is 4. The quantitative estimate of drug-likeness (QED) is 0.874. The zero-order chi connectivity index (χ0) is 17.4. The van der Waals surface area contributed by atoms with Gasteiger partial charge in [0.15, 0.2) is 11.5 Å². The summed E-state index contributed by atoms with van der Waals surface area (Å²) in [5, 5.41) is 5.97. The Bertz CT molecular complexity index is 847. The smallest absolute Gasteiger partial charge is 0.255 e. The molecule has 1 heterocycles. The number of benzene rings is 2. The Morgan fingerprint density at radius 3 is 2.36 bits per heavy atom. The molecule has 1 fully saturated rings. The second-order valence-electron chi connectivity index (χ2n) is 5.99. The van der Waals surface area contributed by atoms with Gasteiger partial charge in [-0.25, -0.2) is 0 Å². The third-order valence-corrected chi connectivity index (χ3v) is 4.33. The Balaban J connectivity index is 1.44. The van der Waals surface area contributed by atoms with E-state index in [0.29, 0.717) is 33.5 Å². The van der Waals surface area contributed by atoms with Crippen LogP contribution in [0.2, 0.25) is 5.02 Å². The number of anilines is 2.